The average molecular weight is 554 g/mol. The van der Waals surface area contributed by atoms with Crippen LogP contribution in [0.5, 0.6) is 0 Å². The maximum atomic E-state index is 11.6. The molecule has 2 aliphatic heterocycles. The number of carbonyl (C=O) groups excluding carboxylic acids is 1. The first-order valence-corrected chi connectivity index (χ1v) is 11.3. The molecule has 2 fully saturated rings. The molecule has 2 aromatic rings. The molecule has 0 radical (unpaired) electrons. The van der Waals surface area contributed by atoms with Gasteiger partial charge in [0.05, 0.1) is 5.39 Å². The average Bonchev–Trinajstić information content (AvgIpc) is 3.21. The number of ether oxygens (including phenoxy) is 3. The first kappa shape index (κ1) is 21.4. The van der Waals surface area contributed by atoms with Gasteiger partial charge in [-0.3, -0.25) is 0 Å². The van der Waals surface area contributed by atoms with Crippen LogP contribution in [0.25, 0.3) is 11.0 Å². The Hall–Kier alpha value is -1.79. The van der Waals surface area contributed by atoms with E-state index in [2.05, 4.69) is 42.1 Å². The molecule has 164 valence electrons. The zero-order valence-corrected chi connectivity index (χ0v) is 18.8. The number of nitrogens with two attached hydrogens (primary N) is 2. The molecule has 15 heteroatoms. The largest absolute Gasteiger partial charge is 0.423 e. The van der Waals surface area contributed by atoms with Crippen LogP contribution in [0, 0.1) is 3.57 Å². The number of hydrogen-bond acceptors (Lipinski definition) is 10. The lowest BCUT2D eigenvalue weighted by Crippen LogP contribution is -2.41. The molecule has 4 atom stereocenters. The molecule has 2 aromatic heterocycles. The summed E-state index contributed by atoms with van der Waals surface area (Å²) in [6, 6.07) is 0. The summed E-state index contributed by atoms with van der Waals surface area (Å²) in [4.78, 5) is 20.0. The smallest absolute Gasteiger partial charge is 0.383 e. The Balaban J connectivity index is 1.61. The van der Waals surface area contributed by atoms with Crippen LogP contribution in [0.1, 0.15) is 20.1 Å². The predicted octanol–water partition coefficient (Wildman–Crippen LogP) is -0.0347. The summed E-state index contributed by atoms with van der Waals surface area (Å²) in [5.41, 5.74) is 6.55. The molecule has 13 nitrogen and oxygen atoms in total. The molecule has 0 aliphatic carbocycles. The molecule has 0 bridgehead atoms. The molecule has 0 unspecified atom stereocenters. The first-order chi connectivity index (χ1) is 14.0. The van der Waals surface area contributed by atoms with Gasteiger partial charge in [0, 0.05) is 16.3 Å². The van der Waals surface area contributed by atoms with E-state index in [9.17, 15) is 13.2 Å². The fourth-order valence-electron chi connectivity index (χ4n) is 3.62. The Morgan fingerprint density at radius 2 is 2.07 bits per heavy atom. The lowest BCUT2D eigenvalue weighted by Gasteiger charge is -2.25. The monoisotopic (exact) mass is 554 g/mol. The van der Waals surface area contributed by atoms with E-state index in [1.165, 1.54) is 6.33 Å². The number of amides is 1. The normalized spacial score (nSPS) is 27.9. The van der Waals surface area contributed by atoms with Crippen molar-refractivity contribution in [3.8, 4) is 0 Å². The van der Waals surface area contributed by atoms with Crippen LogP contribution >= 0.6 is 22.6 Å². The molecular weight excluding hydrogens is 535 g/mol. The van der Waals surface area contributed by atoms with Gasteiger partial charge in [-0.1, -0.05) is 0 Å². The molecule has 4 rings (SSSR count). The van der Waals surface area contributed by atoms with E-state index in [0.717, 1.165) is 3.57 Å². The Kier molecular flexibility index (Phi) is 5.30. The van der Waals surface area contributed by atoms with E-state index in [1.807, 2.05) is 6.20 Å². The zero-order valence-electron chi connectivity index (χ0n) is 15.8. The van der Waals surface area contributed by atoms with Gasteiger partial charge in [0.25, 0.3) is 0 Å². The molecule has 4 heterocycles. The zero-order chi connectivity index (χ0) is 21.8. The Labute approximate surface area is 184 Å². The van der Waals surface area contributed by atoms with E-state index >= 15 is 0 Å². The van der Waals surface area contributed by atoms with Gasteiger partial charge in [-0.2, -0.15) is 13.6 Å². The standard InChI is InChI=1S/C15H19IN6O7S/c1-15(2)27-9-7(3-19-14(23)29-30(18,24)25)26-13(10(9)28-15)22-4-6(16)8-11(17)20-5-21-12(8)22/h4-5,7,9-10,13H,3H2,1-2H3,(H,19,23)(H2,17,20,21)(H2,18,24,25)/t7-,9-,10-,13-/m1/s1. The van der Waals surface area contributed by atoms with Crippen molar-refractivity contribution >= 4 is 55.8 Å². The van der Waals surface area contributed by atoms with Crippen LogP contribution in [0.3, 0.4) is 0 Å². The minimum atomic E-state index is -4.42. The number of halogens is 1. The third-order valence-electron chi connectivity index (χ3n) is 4.63. The number of fused-ring (bicyclic) bond motifs is 2. The van der Waals surface area contributed by atoms with Crippen LogP contribution in [-0.2, 0) is 28.7 Å². The van der Waals surface area contributed by atoms with Crippen molar-refractivity contribution in [2.75, 3.05) is 12.3 Å². The minimum Gasteiger partial charge on any atom is -0.383 e. The highest BCUT2D eigenvalue weighted by molar-refractivity contribution is 14.1. The van der Waals surface area contributed by atoms with Gasteiger partial charge < -0.3 is 34.0 Å². The van der Waals surface area contributed by atoms with Crippen molar-refractivity contribution < 1.29 is 31.6 Å². The number of hydrogen-bond donors (Lipinski definition) is 3. The molecule has 2 aliphatic rings. The van der Waals surface area contributed by atoms with Crippen molar-refractivity contribution in [3.63, 3.8) is 0 Å². The van der Waals surface area contributed by atoms with Crippen molar-refractivity contribution in [2.45, 2.75) is 44.2 Å². The van der Waals surface area contributed by atoms with Gasteiger partial charge in [0.1, 0.15) is 36.1 Å². The number of nitrogens with zero attached hydrogens (tertiary/aromatic N) is 3. The summed E-state index contributed by atoms with van der Waals surface area (Å²) >= 11 is 2.13. The SMILES string of the molecule is CC1(C)O[C@@H]2[C@H](O1)[C@@H](CNC(=O)OS(N)(=O)=O)O[C@H]2n1cc(I)c2c(N)ncnc21. The van der Waals surface area contributed by atoms with Gasteiger partial charge >= 0.3 is 16.4 Å². The van der Waals surface area contributed by atoms with Crippen LogP contribution in [0.4, 0.5) is 10.6 Å². The summed E-state index contributed by atoms with van der Waals surface area (Å²) in [7, 11) is -4.42. The third-order valence-corrected chi connectivity index (χ3v) is 5.83. The van der Waals surface area contributed by atoms with Gasteiger partial charge in [0.2, 0.25) is 0 Å². The van der Waals surface area contributed by atoms with E-state index in [1.54, 1.807) is 18.4 Å². The summed E-state index contributed by atoms with van der Waals surface area (Å²) in [6.07, 6.45) is -0.423. The van der Waals surface area contributed by atoms with Crippen molar-refractivity contribution in [1.29, 1.82) is 0 Å². The second-order valence-electron chi connectivity index (χ2n) is 7.22. The second-order valence-corrected chi connectivity index (χ2v) is 9.53. The predicted molar refractivity (Wildman–Crippen MR) is 110 cm³/mol. The van der Waals surface area contributed by atoms with Crippen LogP contribution in [0.2, 0.25) is 0 Å². The summed E-state index contributed by atoms with van der Waals surface area (Å²) < 4.78 is 46.6. The van der Waals surface area contributed by atoms with Crippen LogP contribution < -0.4 is 16.2 Å². The highest BCUT2D eigenvalue weighted by Gasteiger charge is 2.56. The lowest BCUT2D eigenvalue weighted by atomic mass is 10.1. The number of aromatic nitrogens is 3. The summed E-state index contributed by atoms with van der Waals surface area (Å²) in [5.74, 6) is -0.550. The number of nitrogen functional groups attached to an aromatic ring is 1. The molecule has 1 amide bonds. The molecule has 30 heavy (non-hydrogen) atoms. The number of carbonyl (C=O) groups is 1. The number of rotatable bonds is 4. The van der Waals surface area contributed by atoms with Crippen molar-refractivity contribution in [2.24, 2.45) is 5.14 Å². The Morgan fingerprint density at radius 3 is 2.77 bits per heavy atom. The first-order valence-electron chi connectivity index (χ1n) is 8.73. The second kappa shape index (κ2) is 7.41. The number of nitrogens with one attached hydrogen (secondary N) is 1. The summed E-state index contributed by atoms with van der Waals surface area (Å²) in [5, 5.41) is 7.69. The highest BCUT2D eigenvalue weighted by atomic mass is 127. The van der Waals surface area contributed by atoms with E-state index in [4.69, 9.17) is 25.1 Å². The van der Waals surface area contributed by atoms with Crippen molar-refractivity contribution in [3.05, 3.63) is 16.1 Å². The molecule has 0 aromatic carbocycles. The highest BCUT2D eigenvalue weighted by Crippen LogP contribution is 2.44. The Morgan fingerprint density at radius 1 is 1.37 bits per heavy atom. The molecule has 2 saturated heterocycles. The molecular formula is C15H19IN6O7S. The topological polar surface area (TPSA) is 183 Å². The van der Waals surface area contributed by atoms with Gasteiger partial charge in [-0.05, 0) is 36.4 Å². The third kappa shape index (κ3) is 4.04. The lowest BCUT2D eigenvalue weighted by molar-refractivity contribution is -0.195. The van der Waals surface area contributed by atoms with E-state index < -0.39 is 46.7 Å². The van der Waals surface area contributed by atoms with E-state index in [-0.39, 0.29) is 6.54 Å². The number of anilines is 1. The maximum absolute atomic E-state index is 11.6. The Bertz CT molecular complexity index is 1110. The maximum Gasteiger partial charge on any atom is 0.423 e. The van der Waals surface area contributed by atoms with Gasteiger partial charge in [0.15, 0.2) is 12.0 Å². The fourth-order valence-corrected chi connectivity index (χ4v) is 4.71. The van der Waals surface area contributed by atoms with Crippen molar-refractivity contribution in [1.82, 2.24) is 19.9 Å². The van der Waals surface area contributed by atoms with Crippen LogP contribution in [0.15, 0.2) is 12.5 Å². The van der Waals surface area contributed by atoms with E-state index in [0.29, 0.717) is 16.9 Å². The fraction of sp³-hybridized carbons (Fsp3) is 0.533. The minimum absolute atomic E-state index is 0.0983. The van der Waals surface area contributed by atoms with Gasteiger partial charge in [-0.25, -0.2) is 14.8 Å². The quantitative estimate of drug-likeness (QED) is 0.434. The molecule has 0 saturated carbocycles. The van der Waals surface area contributed by atoms with Gasteiger partial charge in [-0.15, -0.1) is 0 Å². The molecule has 5 N–H and O–H groups in total. The molecule has 0 spiro atoms. The van der Waals surface area contributed by atoms with Crippen LogP contribution in [-0.4, -0.2) is 59.7 Å². The summed E-state index contributed by atoms with van der Waals surface area (Å²) in [6.45, 7) is 3.43.